The second-order valence-electron chi connectivity index (χ2n) is 5.58. The lowest BCUT2D eigenvalue weighted by atomic mass is 9.95. The van der Waals surface area contributed by atoms with Crippen LogP contribution in [0.3, 0.4) is 0 Å². The van der Waals surface area contributed by atoms with Crippen LogP contribution in [-0.4, -0.2) is 31.5 Å². The highest BCUT2D eigenvalue weighted by molar-refractivity contribution is 14.0. The number of hydrogen-bond acceptors (Lipinski definition) is 3. The quantitative estimate of drug-likeness (QED) is 0.365. The van der Waals surface area contributed by atoms with Crippen molar-refractivity contribution in [3.63, 3.8) is 0 Å². The molecule has 1 aliphatic carbocycles. The van der Waals surface area contributed by atoms with Gasteiger partial charge in [-0.3, -0.25) is 9.79 Å². The Hall–Kier alpha value is -1.25. The topological polar surface area (TPSA) is 78.7 Å². The lowest BCUT2D eigenvalue weighted by molar-refractivity contribution is -0.121. The van der Waals surface area contributed by atoms with E-state index in [1.54, 1.807) is 13.3 Å². The van der Waals surface area contributed by atoms with E-state index >= 15 is 0 Å². The fraction of sp³-hybridized carbons (Fsp3) is 0.625. The van der Waals surface area contributed by atoms with Gasteiger partial charge in [0.05, 0.1) is 12.8 Å². The maximum absolute atomic E-state index is 11.9. The fourth-order valence-corrected chi connectivity index (χ4v) is 2.65. The van der Waals surface area contributed by atoms with E-state index in [4.69, 9.17) is 4.42 Å². The molecule has 1 amide bonds. The monoisotopic (exact) mass is 434 g/mol. The molecule has 1 aliphatic rings. The number of halogens is 1. The summed E-state index contributed by atoms with van der Waals surface area (Å²) in [5.74, 6) is 1.63. The highest BCUT2D eigenvalue weighted by Gasteiger charge is 2.15. The van der Waals surface area contributed by atoms with Gasteiger partial charge in [-0.1, -0.05) is 19.3 Å². The van der Waals surface area contributed by atoms with Crippen LogP contribution < -0.4 is 16.0 Å². The molecule has 0 bridgehead atoms. The van der Waals surface area contributed by atoms with Gasteiger partial charge in [0.1, 0.15) is 5.76 Å². The Morgan fingerprint density at radius 2 is 2.09 bits per heavy atom. The van der Waals surface area contributed by atoms with Gasteiger partial charge in [0, 0.05) is 26.1 Å². The second-order valence-corrected chi connectivity index (χ2v) is 5.58. The molecule has 1 heterocycles. The third-order valence-corrected chi connectivity index (χ3v) is 3.85. The number of hydrogen-bond donors (Lipinski definition) is 3. The summed E-state index contributed by atoms with van der Waals surface area (Å²) in [5.41, 5.74) is 0. The van der Waals surface area contributed by atoms with E-state index < -0.39 is 0 Å². The number of carbonyl (C=O) groups is 1. The zero-order valence-corrected chi connectivity index (χ0v) is 16.0. The third-order valence-electron chi connectivity index (χ3n) is 3.85. The van der Waals surface area contributed by atoms with Crippen LogP contribution in [0.15, 0.2) is 27.8 Å². The summed E-state index contributed by atoms with van der Waals surface area (Å²) < 4.78 is 5.25. The van der Waals surface area contributed by atoms with E-state index in [0.717, 1.165) is 18.6 Å². The average molecular weight is 434 g/mol. The number of amides is 1. The SMILES string of the molecule is CN=C(NCCC(=O)NC1CCCCC1)NCc1ccco1.I. The number of carbonyl (C=O) groups excluding carboxylic acids is 1. The zero-order valence-electron chi connectivity index (χ0n) is 13.6. The molecule has 0 aromatic carbocycles. The first-order chi connectivity index (χ1) is 10.8. The maximum Gasteiger partial charge on any atom is 0.221 e. The van der Waals surface area contributed by atoms with Crippen molar-refractivity contribution in [1.29, 1.82) is 0 Å². The zero-order chi connectivity index (χ0) is 15.6. The van der Waals surface area contributed by atoms with E-state index in [1.165, 1.54) is 19.3 Å². The Morgan fingerprint density at radius 1 is 1.30 bits per heavy atom. The summed E-state index contributed by atoms with van der Waals surface area (Å²) in [7, 11) is 1.71. The van der Waals surface area contributed by atoms with Crippen molar-refractivity contribution in [2.45, 2.75) is 51.1 Å². The average Bonchev–Trinajstić information content (AvgIpc) is 3.05. The Kier molecular flexibility index (Phi) is 9.74. The number of aliphatic imine (C=N–C) groups is 1. The molecule has 1 fully saturated rings. The molecule has 130 valence electrons. The molecule has 1 aromatic heterocycles. The van der Waals surface area contributed by atoms with Crippen LogP contribution in [0, 0.1) is 0 Å². The molecule has 0 atom stereocenters. The first kappa shape index (κ1) is 19.8. The van der Waals surface area contributed by atoms with Crippen molar-refractivity contribution in [1.82, 2.24) is 16.0 Å². The van der Waals surface area contributed by atoms with E-state index in [9.17, 15) is 4.79 Å². The van der Waals surface area contributed by atoms with Gasteiger partial charge in [0.25, 0.3) is 0 Å². The van der Waals surface area contributed by atoms with E-state index in [-0.39, 0.29) is 29.9 Å². The first-order valence-corrected chi connectivity index (χ1v) is 8.04. The summed E-state index contributed by atoms with van der Waals surface area (Å²) in [6, 6.07) is 4.12. The molecule has 0 aliphatic heterocycles. The van der Waals surface area contributed by atoms with E-state index in [1.807, 2.05) is 12.1 Å². The number of guanidine groups is 1. The van der Waals surface area contributed by atoms with E-state index in [2.05, 4.69) is 20.9 Å². The lowest BCUT2D eigenvalue weighted by Crippen LogP contribution is -2.41. The minimum absolute atomic E-state index is 0. The van der Waals surface area contributed by atoms with Crippen molar-refractivity contribution in [2.24, 2.45) is 4.99 Å². The maximum atomic E-state index is 11.9. The second kappa shape index (κ2) is 11.3. The van der Waals surface area contributed by atoms with Gasteiger partial charge < -0.3 is 20.4 Å². The minimum Gasteiger partial charge on any atom is -0.467 e. The number of nitrogens with zero attached hydrogens (tertiary/aromatic N) is 1. The molecule has 23 heavy (non-hydrogen) atoms. The van der Waals surface area contributed by atoms with Crippen molar-refractivity contribution < 1.29 is 9.21 Å². The van der Waals surface area contributed by atoms with Crippen LogP contribution in [0.2, 0.25) is 0 Å². The Morgan fingerprint density at radius 3 is 2.74 bits per heavy atom. The van der Waals surface area contributed by atoms with Crippen LogP contribution in [0.1, 0.15) is 44.3 Å². The minimum atomic E-state index is 0. The molecule has 2 rings (SSSR count). The van der Waals surface area contributed by atoms with Crippen LogP contribution in [0.5, 0.6) is 0 Å². The summed E-state index contributed by atoms with van der Waals surface area (Å²) in [6.45, 7) is 1.14. The van der Waals surface area contributed by atoms with Crippen molar-refractivity contribution in [2.75, 3.05) is 13.6 Å². The molecule has 7 heteroatoms. The number of nitrogens with one attached hydrogen (secondary N) is 3. The highest BCUT2D eigenvalue weighted by atomic mass is 127. The summed E-state index contributed by atoms with van der Waals surface area (Å²) >= 11 is 0. The third kappa shape index (κ3) is 7.71. The smallest absolute Gasteiger partial charge is 0.221 e. The molecule has 0 saturated heterocycles. The predicted molar refractivity (Wildman–Crippen MR) is 102 cm³/mol. The molecule has 0 unspecified atom stereocenters. The lowest BCUT2D eigenvalue weighted by Gasteiger charge is -2.22. The molecule has 1 aromatic rings. The van der Waals surface area contributed by atoms with Gasteiger partial charge in [0.15, 0.2) is 5.96 Å². The molecule has 0 spiro atoms. The molecule has 0 radical (unpaired) electrons. The van der Waals surface area contributed by atoms with Gasteiger partial charge in [-0.05, 0) is 25.0 Å². The Labute approximate surface area is 154 Å². The van der Waals surface area contributed by atoms with Gasteiger partial charge in [-0.15, -0.1) is 24.0 Å². The first-order valence-electron chi connectivity index (χ1n) is 8.04. The van der Waals surface area contributed by atoms with Crippen molar-refractivity contribution in [3.8, 4) is 0 Å². The Bertz CT molecular complexity index is 470. The molecule has 6 nitrogen and oxygen atoms in total. The van der Waals surface area contributed by atoms with Gasteiger partial charge in [-0.25, -0.2) is 0 Å². The molecule has 3 N–H and O–H groups in total. The standard InChI is InChI=1S/C16H26N4O2.HI/c1-17-16(19-12-14-8-5-11-22-14)18-10-9-15(21)20-13-6-3-2-4-7-13;/h5,8,11,13H,2-4,6-7,9-10,12H2,1H3,(H,20,21)(H2,17,18,19);1H. The predicted octanol–water partition coefficient (Wildman–Crippen LogP) is 2.40. The van der Waals surface area contributed by atoms with Gasteiger partial charge in [0.2, 0.25) is 5.91 Å². The van der Waals surface area contributed by atoms with Gasteiger partial charge in [-0.2, -0.15) is 0 Å². The fourth-order valence-electron chi connectivity index (χ4n) is 2.65. The summed E-state index contributed by atoms with van der Waals surface area (Å²) in [5, 5.41) is 9.39. The molecule has 1 saturated carbocycles. The van der Waals surface area contributed by atoms with Crippen molar-refractivity contribution in [3.05, 3.63) is 24.2 Å². The van der Waals surface area contributed by atoms with Crippen LogP contribution >= 0.6 is 24.0 Å². The number of rotatable bonds is 6. The Balaban J connectivity index is 0.00000264. The van der Waals surface area contributed by atoms with Crippen LogP contribution in [0.25, 0.3) is 0 Å². The van der Waals surface area contributed by atoms with Crippen molar-refractivity contribution >= 4 is 35.8 Å². The largest absolute Gasteiger partial charge is 0.467 e. The molecular weight excluding hydrogens is 407 g/mol. The number of furan rings is 1. The summed E-state index contributed by atoms with van der Waals surface area (Å²) in [6.07, 6.45) is 8.09. The van der Waals surface area contributed by atoms with Crippen LogP contribution in [0.4, 0.5) is 0 Å². The summed E-state index contributed by atoms with van der Waals surface area (Å²) in [4.78, 5) is 16.0. The molecular formula is C16H27IN4O2. The highest BCUT2D eigenvalue weighted by Crippen LogP contribution is 2.17. The normalized spacial score (nSPS) is 15.6. The van der Waals surface area contributed by atoms with Crippen LogP contribution in [-0.2, 0) is 11.3 Å². The van der Waals surface area contributed by atoms with Gasteiger partial charge >= 0.3 is 0 Å². The van der Waals surface area contributed by atoms with E-state index in [0.29, 0.717) is 31.5 Å².